The van der Waals surface area contributed by atoms with Crippen molar-refractivity contribution in [3.05, 3.63) is 0 Å². The van der Waals surface area contributed by atoms with Crippen LogP contribution in [0.25, 0.3) is 0 Å². The lowest BCUT2D eigenvalue weighted by Gasteiger charge is -2.01. The summed E-state index contributed by atoms with van der Waals surface area (Å²) in [7, 11) is -0.647. The Bertz CT molecular complexity index is 162. The highest BCUT2D eigenvalue weighted by Crippen LogP contribution is 1.84. The van der Waals surface area contributed by atoms with E-state index >= 15 is 0 Å². The molecule has 1 atom stereocenters. The van der Waals surface area contributed by atoms with Gasteiger partial charge in [-0.2, -0.15) is 0 Å². The molecule has 1 N–H and O–H groups in total. The molecule has 0 aliphatic carbocycles. The molecule has 1 unspecified atom stereocenters. The fraction of sp³-hybridized carbons (Fsp3) is 0.778. The van der Waals surface area contributed by atoms with Crippen LogP contribution < -0.4 is 5.32 Å². The first-order valence-corrected chi connectivity index (χ1v) is 5.94. The van der Waals surface area contributed by atoms with Crippen molar-refractivity contribution in [1.82, 2.24) is 5.32 Å². The van der Waals surface area contributed by atoms with Crippen molar-refractivity contribution in [2.24, 2.45) is 0 Å². The van der Waals surface area contributed by atoms with E-state index < -0.39 is 10.8 Å². The average molecular weight is 187 g/mol. The monoisotopic (exact) mass is 187 g/mol. The molecule has 0 saturated heterocycles. The number of terminal acetylenes is 1. The van der Waals surface area contributed by atoms with E-state index in [2.05, 4.69) is 11.2 Å². The van der Waals surface area contributed by atoms with E-state index in [1.807, 2.05) is 0 Å². The molecule has 0 fully saturated rings. The van der Waals surface area contributed by atoms with Gasteiger partial charge in [-0.05, 0) is 25.9 Å². The molecule has 0 bridgehead atoms. The molecule has 0 aromatic rings. The van der Waals surface area contributed by atoms with Gasteiger partial charge in [0.25, 0.3) is 0 Å². The van der Waals surface area contributed by atoms with Gasteiger partial charge in [0.15, 0.2) is 0 Å². The third kappa shape index (κ3) is 9.67. The van der Waals surface area contributed by atoms with Crippen LogP contribution in [0.4, 0.5) is 0 Å². The molecular weight excluding hydrogens is 170 g/mol. The third-order valence-corrected chi connectivity index (χ3v) is 2.32. The van der Waals surface area contributed by atoms with Crippen molar-refractivity contribution in [2.45, 2.75) is 19.3 Å². The first kappa shape index (κ1) is 11.7. The van der Waals surface area contributed by atoms with E-state index in [4.69, 9.17) is 6.42 Å². The molecule has 3 heteroatoms. The van der Waals surface area contributed by atoms with Crippen LogP contribution in [0.5, 0.6) is 0 Å². The Kier molecular flexibility index (Phi) is 8.52. The summed E-state index contributed by atoms with van der Waals surface area (Å²) in [4.78, 5) is 0. The van der Waals surface area contributed by atoms with Gasteiger partial charge in [0.2, 0.25) is 0 Å². The number of rotatable bonds is 7. The van der Waals surface area contributed by atoms with Gasteiger partial charge >= 0.3 is 0 Å². The Balaban J connectivity index is 2.92. The zero-order chi connectivity index (χ0) is 9.23. The van der Waals surface area contributed by atoms with Gasteiger partial charge < -0.3 is 5.32 Å². The molecule has 0 amide bonds. The normalized spacial score (nSPS) is 12.3. The number of nitrogens with one attached hydrogen (secondary N) is 1. The van der Waals surface area contributed by atoms with Gasteiger partial charge in [-0.25, -0.2) is 0 Å². The minimum atomic E-state index is -0.647. The zero-order valence-corrected chi connectivity index (χ0v) is 8.45. The van der Waals surface area contributed by atoms with E-state index in [-0.39, 0.29) is 0 Å². The average Bonchev–Trinajstić information content (AvgIpc) is 2.02. The lowest BCUT2D eigenvalue weighted by Crippen LogP contribution is -2.18. The molecule has 0 aliphatic heterocycles. The van der Waals surface area contributed by atoms with Crippen molar-refractivity contribution in [3.63, 3.8) is 0 Å². The predicted molar refractivity (Wildman–Crippen MR) is 54.5 cm³/mol. The third-order valence-electron chi connectivity index (χ3n) is 1.46. The summed E-state index contributed by atoms with van der Waals surface area (Å²) in [5.41, 5.74) is 0. The van der Waals surface area contributed by atoms with Gasteiger partial charge in [0, 0.05) is 29.2 Å². The molecule has 0 aromatic carbocycles. The first-order valence-electron chi connectivity index (χ1n) is 4.21. The SMILES string of the molecule is C#CCCCNCCCS(C)=O. The summed E-state index contributed by atoms with van der Waals surface area (Å²) >= 11 is 0. The molecule has 2 nitrogen and oxygen atoms in total. The standard InChI is InChI=1S/C9H17NOS/c1-3-4-5-7-10-8-6-9-12(2)11/h1,10H,4-9H2,2H3. The van der Waals surface area contributed by atoms with E-state index in [0.29, 0.717) is 0 Å². The van der Waals surface area contributed by atoms with E-state index in [9.17, 15) is 4.21 Å². The smallest absolute Gasteiger partial charge is 0.0244 e. The molecule has 0 aliphatic rings. The fourth-order valence-electron chi connectivity index (χ4n) is 0.841. The molecule has 0 heterocycles. The summed E-state index contributed by atoms with van der Waals surface area (Å²) < 4.78 is 10.6. The largest absolute Gasteiger partial charge is 0.317 e. The highest BCUT2D eigenvalue weighted by molar-refractivity contribution is 7.84. The lowest BCUT2D eigenvalue weighted by atomic mass is 10.3. The fourth-order valence-corrected chi connectivity index (χ4v) is 1.39. The van der Waals surface area contributed by atoms with Crippen LogP contribution in [0.3, 0.4) is 0 Å². The van der Waals surface area contributed by atoms with Crippen LogP contribution >= 0.6 is 0 Å². The maximum absolute atomic E-state index is 10.6. The maximum Gasteiger partial charge on any atom is 0.0244 e. The van der Waals surface area contributed by atoms with E-state index in [0.717, 1.165) is 38.1 Å². The Morgan fingerprint density at radius 1 is 1.42 bits per heavy atom. The number of hydrogen-bond donors (Lipinski definition) is 1. The Morgan fingerprint density at radius 3 is 2.67 bits per heavy atom. The molecular formula is C9H17NOS. The van der Waals surface area contributed by atoms with Gasteiger partial charge in [-0.3, -0.25) is 4.21 Å². The van der Waals surface area contributed by atoms with Crippen LogP contribution in [0.2, 0.25) is 0 Å². The topological polar surface area (TPSA) is 29.1 Å². The van der Waals surface area contributed by atoms with Crippen molar-refractivity contribution in [1.29, 1.82) is 0 Å². The number of hydrogen-bond acceptors (Lipinski definition) is 2. The van der Waals surface area contributed by atoms with Crippen LogP contribution in [0, 0.1) is 12.3 Å². The lowest BCUT2D eigenvalue weighted by molar-refractivity contribution is 0.643. The van der Waals surface area contributed by atoms with Crippen molar-refractivity contribution in [3.8, 4) is 12.3 Å². The molecule has 0 saturated carbocycles. The van der Waals surface area contributed by atoms with Crippen LogP contribution in [-0.2, 0) is 10.8 Å². The summed E-state index contributed by atoms with van der Waals surface area (Å²) in [6.07, 6.45) is 9.68. The Morgan fingerprint density at radius 2 is 2.08 bits per heavy atom. The summed E-state index contributed by atoms with van der Waals surface area (Å²) in [5, 5.41) is 3.25. The molecule has 70 valence electrons. The summed E-state index contributed by atoms with van der Waals surface area (Å²) in [6, 6.07) is 0. The summed E-state index contributed by atoms with van der Waals surface area (Å²) in [5.74, 6) is 3.38. The molecule has 0 radical (unpaired) electrons. The molecule has 0 rings (SSSR count). The second-order valence-electron chi connectivity index (χ2n) is 2.69. The Hall–Kier alpha value is -0.330. The van der Waals surface area contributed by atoms with Crippen molar-refractivity contribution >= 4 is 10.8 Å². The van der Waals surface area contributed by atoms with E-state index in [1.54, 1.807) is 6.26 Å². The highest BCUT2D eigenvalue weighted by atomic mass is 32.2. The quantitative estimate of drug-likeness (QED) is 0.471. The van der Waals surface area contributed by atoms with Crippen LogP contribution in [-0.4, -0.2) is 29.3 Å². The van der Waals surface area contributed by atoms with Crippen molar-refractivity contribution < 1.29 is 4.21 Å². The first-order chi connectivity index (χ1) is 5.77. The van der Waals surface area contributed by atoms with Gasteiger partial charge in [-0.1, -0.05) is 0 Å². The van der Waals surface area contributed by atoms with Crippen LogP contribution in [0.1, 0.15) is 19.3 Å². The summed E-state index contributed by atoms with van der Waals surface area (Å²) in [6.45, 7) is 1.92. The molecule has 12 heavy (non-hydrogen) atoms. The highest BCUT2D eigenvalue weighted by Gasteiger charge is 1.90. The Labute approximate surface area is 77.6 Å². The number of unbranched alkanes of at least 4 members (excludes halogenated alkanes) is 1. The predicted octanol–water partition coefficient (Wildman–Crippen LogP) is 0.758. The second kappa shape index (κ2) is 8.76. The molecule has 0 aromatic heterocycles. The van der Waals surface area contributed by atoms with Crippen molar-refractivity contribution in [2.75, 3.05) is 25.1 Å². The van der Waals surface area contributed by atoms with Gasteiger partial charge in [-0.15, -0.1) is 12.3 Å². The van der Waals surface area contributed by atoms with Gasteiger partial charge in [0.05, 0.1) is 0 Å². The van der Waals surface area contributed by atoms with Crippen LogP contribution in [0.15, 0.2) is 0 Å². The van der Waals surface area contributed by atoms with Gasteiger partial charge in [0.1, 0.15) is 0 Å². The minimum absolute atomic E-state index is 0.647. The minimum Gasteiger partial charge on any atom is -0.317 e. The zero-order valence-electron chi connectivity index (χ0n) is 7.64. The maximum atomic E-state index is 10.6. The van der Waals surface area contributed by atoms with E-state index in [1.165, 1.54) is 0 Å². The second-order valence-corrected chi connectivity index (χ2v) is 4.24. The molecule has 0 spiro atoms.